The predicted octanol–water partition coefficient (Wildman–Crippen LogP) is 3.59. The highest BCUT2D eigenvalue weighted by atomic mass is 16.4. The van der Waals surface area contributed by atoms with Crippen molar-refractivity contribution in [2.45, 2.75) is 13.8 Å². The number of phenols is 1. The first kappa shape index (κ1) is 17.8. The van der Waals surface area contributed by atoms with Crippen molar-refractivity contribution in [3.63, 3.8) is 0 Å². The van der Waals surface area contributed by atoms with Gasteiger partial charge in [-0.15, -0.1) is 5.10 Å². The zero-order chi connectivity index (χ0) is 19.7. The van der Waals surface area contributed by atoms with Crippen LogP contribution in [0, 0.1) is 0 Å². The van der Waals surface area contributed by atoms with Crippen LogP contribution in [-0.4, -0.2) is 33.2 Å². The fraction of sp³-hybridized carbons (Fsp3) is 0.190. The molecule has 28 heavy (non-hydrogen) atoms. The van der Waals surface area contributed by atoms with E-state index in [1.54, 1.807) is 36.5 Å². The van der Waals surface area contributed by atoms with Crippen LogP contribution in [0.5, 0.6) is 5.75 Å². The van der Waals surface area contributed by atoms with Gasteiger partial charge in [0.15, 0.2) is 5.69 Å². The van der Waals surface area contributed by atoms with Gasteiger partial charge in [0, 0.05) is 35.8 Å². The zero-order valence-electron chi connectivity index (χ0n) is 15.7. The van der Waals surface area contributed by atoms with Crippen molar-refractivity contribution < 1.29 is 9.52 Å². The average molecular weight is 376 g/mol. The van der Waals surface area contributed by atoms with Gasteiger partial charge < -0.3 is 14.4 Å². The Bertz CT molecular complexity index is 1190. The lowest BCUT2D eigenvalue weighted by molar-refractivity contribution is 0.477. The largest absolute Gasteiger partial charge is 0.507 e. The molecular weight excluding hydrogens is 356 g/mol. The van der Waals surface area contributed by atoms with Gasteiger partial charge in [0.25, 0.3) is 0 Å². The van der Waals surface area contributed by atoms with Gasteiger partial charge in [-0.3, -0.25) is 0 Å². The average Bonchev–Trinajstić information content (AvgIpc) is 3.18. The smallest absolute Gasteiger partial charge is 0.362 e. The molecular formula is C21H20N4O3. The molecule has 1 N–H and O–H groups in total. The summed E-state index contributed by atoms with van der Waals surface area (Å²) in [6, 6.07) is 14.4. The Morgan fingerprint density at radius 1 is 1.11 bits per heavy atom. The molecule has 7 heteroatoms. The van der Waals surface area contributed by atoms with E-state index in [-0.39, 0.29) is 11.4 Å². The zero-order valence-corrected chi connectivity index (χ0v) is 15.7. The normalized spacial score (nSPS) is 11.1. The van der Waals surface area contributed by atoms with Crippen LogP contribution in [0.25, 0.3) is 27.9 Å². The minimum atomic E-state index is -0.502. The summed E-state index contributed by atoms with van der Waals surface area (Å²) in [6.45, 7) is 5.91. The van der Waals surface area contributed by atoms with Gasteiger partial charge >= 0.3 is 5.63 Å². The number of fused-ring (bicyclic) bond motifs is 1. The summed E-state index contributed by atoms with van der Waals surface area (Å²) >= 11 is 0. The van der Waals surface area contributed by atoms with Crippen molar-refractivity contribution >= 4 is 16.7 Å². The molecule has 0 bridgehead atoms. The molecule has 4 aromatic rings. The first-order valence-electron chi connectivity index (χ1n) is 9.14. The number of aromatic hydroxyl groups is 1. The highest BCUT2D eigenvalue weighted by molar-refractivity contribution is 5.82. The fourth-order valence-corrected chi connectivity index (χ4v) is 3.23. The third-order valence-corrected chi connectivity index (χ3v) is 4.75. The third kappa shape index (κ3) is 3.11. The van der Waals surface area contributed by atoms with Crippen LogP contribution in [0.15, 0.2) is 63.9 Å². The molecule has 2 aromatic heterocycles. The van der Waals surface area contributed by atoms with Crippen molar-refractivity contribution in [1.29, 1.82) is 0 Å². The van der Waals surface area contributed by atoms with Crippen LogP contribution in [0.2, 0.25) is 0 Å². The number of hydrogen-bond acceptors (Lipinski definition) is 6. The Kier molecular flexibility index (Phi) is 4.57. The highest BCUT2D eigenvalue weighted by Crippen LogP contribution is 2.27. The monoisotopic (exact) mass is 376 g/mol. The molecule has 7 nitrogen and oxygen atoms in total. The Morgan fingerprint density at radius 2 is 1.89 bits per heavy atom. The van der Waals surface area contributed by atoms with Crippen LogP contribution in [-0.2, 0) is 0 Å². The fourth-order valence-electron chi connectivity index (χ4n) is 3.23. The molecule has 0 aliphatic rings. The van der Waals surface area contributed by atoms with Crippen LogP contribution in [0.3, 0.4) is 0 Å². The van der Waals surface area contributed by atoms with E-state index in [0.29, 0.717) is 16.8 Å². The lowest BCUT2D eigenvalue weighted by Gasteiger charge is -2.20. The minimum absolute atomic E-state index is 0.101. The number of rotatable bonds is 5. The lowest BCUT2D eigenvalue weighted by atomic mass is 10.1. The number of aromatic nitrogens is 3. The molecule has 0 amide bonds. The van der Waals surface area contributed by atoms with Gasteiger partial charge in [0.2, 0.25) is 0 Å². The topological polar surface area (TPSA) is 84.4 Å². The summed E-state index contributed by atoms with van der Waals surface area (Å²) in [7, 11) is 0. The van der Waals surface area contributed by atoms with E-state index >= 15 is 0 Å². The molecule has 2 heterocycles. The Labute approximate surface area is 161 Å². The first-order valence-corrected chi connectivity index (χ1v) is 9.14. The highest BCUT2D eigenvalue weighted by Gasteiger charge is 2.14. The summed E-state index contributed by atoms with van der Waals surface area (Å²) in [6.07, 6.45) is 1.59. The van der Waals surface area contributed by atoms with Gasteiger partial charge in [-0.2, -0.15) is 0 Å². The summed E-state index contributed by atoms with van der Waals surface area (Å²) in [5.74, 6) is 0.101. The molecule has 142 valence electrons. The molecule has 0 spiro atoms. The van der Waals surface area contributed by atoms with Crippen molar-refractivity contribution in [1.82, 2.24) is 15.0 Å². The number of nitrogens with zero attached hydrogens (tertiary/aromatic N) is 4. The molecule has 0 atom stereocenters. The maximum Gasteiger partial charge on any atom is 0.362 e. The van der Waals surface area contributed by atoms with E-state index in [1.807, 2.05) is 18.2 Å². The Balaban J connectivity index is 1.76. The Hall–Kier alpha value is -3.61. The molecule has 0 saturated heterocycles. The Morgan fingerprint density at radius 3 is 2.64 bits per heavy atom. The number of anilines is 1. The number of benzene rings is 2. The van der Waals surface area contributed by atoms with Gasteiger partial charge in [0.1, 0.15) is 17.0 Å². The maximum atomic E-state index is 12.5. The quantitative estimate of drug-likeness (QED) is 0.536. The van der Waals surface area contributed by atoms with Crippen molar-refractivity contribution in [2.75, 3.05) is 18.0 Å². The SMILES string of the molecule is CCN(CC)c1ccc2cc(-n3cc(-c4ccccc4O)nn3)c(=O)oc2c1. The second kappa shape index (κ2) is 7.19. The van der Waals surface area contributed by atoms with Gasteiger partial charge in [-0.1, -0.05) is 17.3 Å². The second-order valence-electron chi connectivity index (χ2n) is 6.38. The molecule has 0 radical (unpaired) electrons. The van der Waals surface area contributed by atoms with Gasteiger partial charge in [0.05, 0.1) is 6.20 Å². The molecule has 0 aliphatic heterocycles. The molecule has 0 aliphatic carbocycles. The van der Waals surface area contributed by atoms with E-state index in [4.69, 9.17) is 4.42 Å². The predicted molar refractivity (Wildman–Crippen MR) is 108 cm³/mol. The van der Waals surface area contributed by atoms with Crippen LogP contribution < -0.4 is 10.5 Å². The summed E-state index contributed by atoms with van der Waals surface area (Å²) < 4.78 is 6.91. The number of phenolic OH excluding ortho intramolecular Hbond substituents is 1. The summed E-state index contributed by atoms with van der Waals surface area (Å²) in [4.78, 5) is 14.7. The van der Waals surface area contributed by atoms with Crippen LogP contribution >= 0.6 is 0 Å². The molecule has 0 unspecified atom stereocenters. The van der Waals surface area contributed by atoms with Crippen LogP contribution in [0.1, 0.15) is 13.8 Å². The summed E-state index contributed by atoms with van der Waals surface area (Å²) in [5.41, 5.74) is 2.31. The number of hydrogen-bond donors (Lipinski definition) is 1. The molecule has 4 rings (SSSR count). The molecule has 2 aromatic carbocycles. The van der Waals surface area contributed by atoms with E-state index < -0.39 is 5.63 Å². The van der Waals surface area contributed by atoms with Gasteiger partial charge in [-0.25, -0.2) is 9.48 Å². The lowest BCUT2D eigenvalue weighted by Crippen LogP contribution is -2.21. The van der Waals surface area contributed by atoms with Crippen molar-refractivity contribution in [2.24, 2.45) is 0 Å². The van der Waals surface area contributed by atoms with Crippen molar-refractivity contribution in [3.05, 3.63) is 65.1 Å². The first-order chi connectivity index (χ1) is 13.6. The maximum absolute atomic E-state index is 12.5. The summed E-state index contributed by atoms with van der Waals surface area (Å²) in [5, 5.41) is 18.9. The third-order valence-electron chi connectivity index (χ3n) is 4.75. The van der Waals surface area contributed by atoms with E-state index in [9.17, 15) is 9.90 Å². The van der Waals surface area contributed by atoms with Gasteiger partial charge in [-0.05, 0) is 44.2 Å². The second-order valence-corrected chi connectivity index (χ2v) is 6.38. The van der Waals surface area contributed by atoms with Crippen LogP contribution in [0.4, 0.5) is 5.69 Å². The van der Waals surface area contributed by atoms with E-state index in [2.05, 4.69) is 29.1 Å². The number of para-hydroxylation sites is 1. The van der Waals surface area contributed by atoms with E-state index in [1.165, 1.54) is 4.68 Å². The van der Waals surface area contributed by atoms with Crippen molar-refractivity contribution in [3.8, 4) is 22.7 Å². The minimum Gasteiger partial charge on any atom is -0.507 e. The molecule has 0 saturated carbocycles. The standard InChI is InChI=1S/C21H20N4O3/c1-3-24(4-2)15-10-9-14-11-18(21(27)28-20(14)12-15)25-13-17(22-23-25)16-7-5-6-8-19(16)26/h5-13,26H,3-4H2,1-2H3. The molecule has 0 fully saturated rings. The van der Waals surface area contributed by atoms with E-state index in [0.717, 1.165) is 24.2 Å².